The van der Waals surface area contributed by atoms with Gasteiger partial charge in [-0.05, 0) is 19.1 Å². The van der Waals surface area contributed by atoms with Crippen LogP contribution >= 0.6 is 11.8 Å². The number of rotatable bonds is 3. The monoisotopic (exact) mass is 400 g/mol. The van der Waals surface area contributed by atoms with Crippen LogP contribution in [0.25, 0.3) is 0 Å². The second-order valence-corrected chi connectivity index (χ2v) is 8.24. The fourth-order valence-electron chi connectivity index (χ4n) is 3.68. The Kier molecular flexibility index (Phi) is 4.76. The van der Waals surface area contributed by atoms with Crippen LogP contribution in [0.4, 0.5) is 4.79 Å². The van der Waals surface area contributed by atoms with Crippen LogP contribution in [0, 0.1) is 6.92 Å². The van der Waals surface area contributed by atoms with Crippen LogP contribution in [0.3, 0.4) is 0 Å². The van der Waals surface area contributed by atoms with E-state index in [2.05, 4.69) is 0 Å². The molecule has 7 heteroatoms. The SMILES string of the molecule is Cc1ccc(S[C@@H]2O[C@@H]3CO[C@H](c4ccccc4)O[C@H]3[C@@H]3OC(=O)O[C@H]32)cc1. The lowest BCUT2D eigenvalue weighted by Gasteiger charge is -2.45. The number of benzene rings is 2. The number of hydrogen-bond acceptors (Lipinski definition) is 7. The maximum Gasteiger partial charge on any atom is 0.509 e. The topological polar surface area (TPSA) is 63.2 Å². The largest absolute Gasteiger partial charge is 0.509 e. The zero-order valence-corrected chi connectivity index (χ0v) is 16.0. The lowest BCUT2D eigenvalue weighted by molar-refractivity contribution is -0.305. The molecule has 6 nitrogen and oxygen atoms in total. The molecule has 28 heavy (non-hydrogen) atoms. The third kappa shape index (κ3) is 3.39. The molecule has 6 atom stereocenters. The lowest BCUT2D eigenvalue weighted by atomic mass is 9.99. The van der Waals surface area contributed by atoms with E-state index >= 15 is 0 Å². The molecule has 3 fully saturated rings. The molecule has 0 amide bonds. The molecule has 146 valence electrons. The molecule has 3 aliphatic heterocycles. The molecule has 0 spiro atoms. The zero-order valence-electron chi connectivity index (χ0n) is 15.2. The first kappa shape index (κ1) is 18.0. The highest BCUT2D eigenvalue weighted by atomic mass is 32.2. The van der Waals surface area contributed by atoms with Crippen LogP contribution in [-0.2, 0) is 23.7 Å². The number of carbonyl (C=O) groups excluding carboxylic acids is 1. The Hall–Kier alpha value is -2.06. The van der Waals surface area contributed by atoms with Crippen molar-refractivity contribution in [2.45, 2.75) is 48.0 Å². The predicted molar refractivity (Wildman–Crippen MR) is 101 cm³/mol. The van der Waals surface area contributed by atoms with E-state index in [-0.39, 0.29) is 11.5 Å². The van der Waals surface area contributed by atoms with E-state index in [9.17, 15) is 4.79 Å². The van der Waals surface area contributed by atoms with Crippen LogP contribution in [0.15, 0.2) is 59.5 Å². The molecule has 0 aliphatic carbocycles. The summed E-state index contributed by atoms with van der Waals surface area (Å²) in [7, 11) is 0. The molecule has 0 saturated carbocycles. The first-order valence-corrected chi connectivity index (χ1v) is 10.1. The number of hydrogen-bond donors (Lipinski definition) is 0. The lowest BCUT2D eigenvalue weighted by Crippen LogP contribution is -2.59. The fourth-order valence-corrected chi connectivity index (χ4v) is 4.79. The zero-order chi connectivity index (χ0) is 19.1. The normalized spacial score (nSPS) is 34.1. The van der Waals surface area contributed by atoms with E-state index in [1.165, 1.54) is 17.3 Å². The first-order valence-electron chi connectivity index (χ1n) is 9.25. The van der Waals surface area contributed by atoms with Gasteiger partial charge in [0.2, 0.25) is 0 Å². The number of thioether (sulfide) groups is 1. The van der Waals surface area contributed by atoms with Crippen molar-refractivity contribution in [1.29, 1.82) is 0 Å². The highest BCUT2D eigenvalue weighted by Crippen LogP contribution is 2.43. The van der Waals surface area contributed by atoms with Gasteiger partial charge in [0.1, 0.15) is 17.6 Å². The highest BCUT2D eigenvalue weighted by Gasteiger charge is 2.57. The third-order valence-electron chi connectivity index (χ3n) is 5.09. The molecule has 0 radical (unpaired) electrons. The first-order chi connectivity index (χ1) is 13.7. The Labute approximate surface area is 167 Å². The van der Waals surface area contributed by atoms with Gasteiger partial charge in [-0.1, -0.05) is 59.8 Å². The van der Waals surface area contributed by atoms with Crippen molar-refractivity contribution >= 4 is 17.9 Å². The van der Waals surface area contributed by atoms with Gasteiger partial charge in [-0.15, -0.1) is 0 Å². The second-order valence-electron chi connectivity index (χ2n) is 7.07. The van der Waals surface area contributed by atoms with E-state index in [4.69, 9.17) is 23.7 Å². The fraction of sp³-hybridized carbons (Fsp3) is 0.381. The Balaban J connectivity index is 1.36. The Morgan fingerprint density at radius 2 is 1.64 bits per heavy atom. The van der Waals surface area contributed by atoms with Gasteiger partial charge in [0, 0.05) is 10.5 Å². The van der Waals surface area contributed by atoms with Crippen molar-refractivity contribution in [3.63, 3.8) is 0 Å². The van der Waals surface area contributed by atoms with Gasteiger partial charge in [0.05, 0.1) is 6.61 Å². The van der Waals surface area contributed by atoms with Crippen molar-refractivity contribution in [2.24, 2.45) is 0 Å². The van der Waals surface area contributed by atoms with Crippen LogP contribution in [-0.4, -0.2) is 42.6 Å². The smallest absolute Gasteiger partial charge is 0.424 e. The third-order valence-corrected chi connectivity index (χ3v) is 6.25. The van der Waals surface area contributed by atoms with Gasteiger partial charge in [-0.2, -0.15) is 0 Å². The average molecular weight is 400 g/mol. The summed E-state index contributed by atoms with van der Waals surface area (Å²) in [5.41, 5.74) is 1.71. The number of ether oxygens (including phenoxy) is 5. The highest BCUT2D eigenvalue weighted by molar-refractivity contribution is 7.99. The summed E-state index contributed by atoms with van der Waals surface area (Å²) in [4.78, 5) is 12.9. The van der Waals surface area contributed by atoms with Crippen molar-refractivity contribution in [3.05, 3.63) is 65.7 Å². The van der Waals surface area contributed by atoms with Crippen LogP contribution in [0.5, 0.6) is 0 Å². The molecular formula is C21H20O6S. The molecule has 0 aromatic heterocycles. The summed E-state index contributed by atoms with van der Waals surface area (Å²) < 4.78 is 29.2. The molecule has 0 bridgehead atoms. The average Bonchev–Trinajstić information content (AvgIpc) is 3.12. The summed E-state index contributed by atoms with van der Waals surface area (Å²) in [5.74, 6) is 0. The van der Waals surface area contributed by atoms with E-state index in [1.807, 2.05) is 61.5 Å². The standard InChI is InChI=1S/C21H20O6S/c1-12-7-9-14(10-8-12)28-20-18-17(26-21(22)27-18)16-15(24-20)11-23-19(25-16)13-5-3-2-4-6-13/h2-10,15-20H,11H2,1H3/t15-,16-,17+,18-,19+,20+/m1/s1. The van der Waals surface area contributed by atoms with Gasteiger partial charge in [0.15, 0.2) is 18.5 Å². The van der Waals surface area contributed by atoms with Gasteiger partial charge in [0.25, 0.3) is 0 Å². The minimum atomic E-state index is -0.680. The summed E-state index contributed by atoms with van der Waals surface area (Å²) in [5, 5.41) is 0. The molecule has 5 rings (SSSR count). The van der Waals surface area contributed by atoms with Crippen molar-refractivity contribution in [2.75, 3.05) is 6.61 Å². The Morgan fingerprint density at radius 3 is 2.43 bits per heavy atom. The predicted octanol–water partition coefficient (Wildman–Crippen LogP) is 3.83. The van der Waals surface area contributed by atoms with Gasteiger partial charge in [-0.25, -0.2) is 4.79 Å². The van der Waals surface area contributed by atoms with Crippen molar-refractivity contribution < 1.29 is 28.5 Å². The number of aryl methyl sites for hydroxylation is 1. The maximum absolute atomic E-state index is 11.9. The van der Waals surface area contributed by atoms with Gasteiger partial charge >= 0.3 is 6.16 Å². The van der Waals surface area contributed by atoms with Crippen LogP contribution < -0.4 is 0 Å². The van der Waals surface area contributed by atoms with E-state index in [0.717, 1.165) is 10.5 Å². The summed E-state index contributed by atoms with van der Waals surface area (Å²) >= 11 is 1.51. The second kappa shape index (κ2) is 7.40. The molecule has 0 N–H and O–H groups in total. The van der Waals surface area contributed by atoms with E-state index < -0.39 is 30.8 Å². The summed E-state index contributed by atoms with van der Waals surface area (Å²) in [6.07, 6.45) is -3.03. The number of carbonyl (C=O) groups is 1. The van der Waals surface area contributed by atoms with E-state index in [1.54, 1.807) is 0 Å². The Bertz CT molecular complexity index is 842. The quantitative estimate of drug-likeness (QED) is 0.726. The Morgan fingerprint density at radius 1 is 0.893 bits per heavy atom. The molecule has 3 saturated heterocycles. The van der Waals surface area contributed by atoms with E-state index in [0.29, 0.717) is 6.61 Å². The molecule has 2 aromatic rings. The molecular weight excluding hydrogens is 380 g/mol. The maximum atomic E-state index is 11.9. The summed E-state index contributed by atoms with van der Waals surface area (Å²) in [6, 6.07) is 17.8. The van der Waals surface area contributed by atoms with Gasteiger partial charge in [-0.3, -0.25) is 0 Å². The van der Waals surface area contributed by atoms with Crippen molar-refractivity contribution in [3.8, 4) is 0 Å². The minimum absolute atomic E-state index is 0.335. The number of fused-ring (bicyclic) bond motifs is 3. The van der Waals surface area contributed by atoms with Crippen LogP contribution in [0.2, 0.25) is 0 Å². The molecule has 3 heterocycles. The molecule has 2 aromatic carbocycles. The van der Waals surface area contributed by atoms with Crippen LogP contribution in [0.1, 0.15) is 17.4 Å². The summed E-state index contributed by atoms with van der Waals surface area (Å²) in [6.45, 7) is 2.40. The van der Waals surface area contributed by atoms with Crippen molar-refractivity contribution in [1.82, 2.24) is 0 Å². The molecule has 3 aliphatic rings. The minimum Gasteiger partial charge on any atom is -0.424 e. The van der Waals surface area contributed by atoms with Gasteiger partial charge < -0.3 is 23.7 Å². The molecule has 0 unspecified atom stereocenters.